The van der Waals surface area contributed by atoms with Crippen molar-refractivity contribution in [2.75, 3.05) is 12.4 Å². The molecule has 1 heterocycles. The molecule has 0 radical (unpaired) electrons. The van der Waals surface area contributed by atoms with Crippen molar-refractivity contribution >= 4 is 23.4 Å². The van der Waals surface area contributed by atoms with Crippen LogP contribution in [0, 0.1) is 0 Å². The van der Waals surface area contributed by atoms with E-state index in [1.807, 2.05) is 0 Å². The third-order valence-electron chi connectivity index (χ3n) is 1.34. The molecule has 0 aromatic rings. The van der Waals surface area contributed by atoms with Crippen LogP contribution in [-0.2, 0) is 4.79 Å². The van der Waals surface area contributed by atoms with Crippen LogP contribution in [0.15, 0.2) is 5.10 Å². The minimum absolute atomic E-state index is 0.0825. The molecule has 0 fully saturated rings. The molecule has 1 rings (SSSR count). The highest BCUT2D eigenvalue weighted by molar-refractivity contribution is 8.01. The Bertz CT molecular complexity index is 193. The summed E-state index contributed by atoms with van der Waals surface area (Å²) in [5.41, 5.74) is 3.16. The van der Waals surface area contributed by atoms with Gasteiger partial charge in [0.1, 0.15) is 5.25 Å². The van der Waals surface area contributed by atoms with Crippen LogP contribution in [0.1, 0.15) is 6.92 Å². The summed E-state index contributed by atoms with van der Waals surface area (Å²) in [7, 11) is 0. The lowest BCUT2D eigenvalue weighted by molar-refractivity contribution is -0.118. The van der Waals surface area contributed by atoms with E-state index in [9.17, 15) is 4.79 Å². The molecule has 0 saturated carbocycles. The number of amides is 1. The molecular formula is C6H10N2O2S. The monoisotopic (exact) mass is 174 g/mol. The van der Waals surface area contributed by atoms with E-state index in [0.29, 0.717) is 5.75 Å². The van der Waals surface area contributed by atoms with Gasteiger partial charge in [0.15, 0.2) is 0 Å². The minimum atomic E-state index is -0.192. The number of carbonyl (C=O) groups is 1. The number of hydrazone groups is 1. The van der Waals surface area contributed by atoms with E-state index in [1.54, 1.807) is 6.92 Å². The van der Waals surface area contributed by atoms with Gasteiger partial charge in [-0.1, -0.05) is 0 Å². The summed E-state index contributed by atoms with van der Waals surface area (Å²) >= 11 is 1.41. The topological polar surface area (TPSA) is 61.7 Å². The number of carbonyl (C=O) groups excluding carboxylic acids is 1. The number of aliphatic hydroxyl groups is 1. The molecule has 1 amide bonds. The molecule has 2 N–H and O–H groups in total. The third kappa shape index (κ3) is 1.94. The van der Waals surface area contributed by atoms with Gasteiger partial charge >= 0.3 is 0 Å². The Morgan fingerprint density at radius 3 is 3.00 bits per heavy atom. The second kappa shape index (κ2) is 3.73. The molecular weight excluding hydrogens is 164 g/mol. The zero-order chi connectivity index (χ0) is 8.27. The second-order valence-corrected chi connectivity index (χ2v) is 3.42. The summed E-state index contributed by atoms with van der Waals surface area (Å²) in [5.74, 6) is 0.492. The number of nitrogens with zero attached hydrogens (tertiary/aromatic N) is 1. The quantitative estimate of drug-likeness (QED) is 0.611. The lowest BCUT2D eigenvalue weighted by Crippen LogP contribution is -2.25. The largest absolute Gasteiger partial charge is 0.396 e. The maximum absolute atomic E-state index is 11.0. The van der Waals surface area contributed by atoms with Crippen molar-refractivity contribution in [1.82, 2.24) is 5.43 Å². The predicted octanol–water partition coefficient (Wildman–Crippen LogP) is -0.414. The maximum atomic E-state index is 11.0. The molecule has 0 bridgehead atoms. The number of hydrogen-bond acceptors (Lipinski definition) is 4. The molecule has 5 heteroatoms. The molecule has 1 aliphatic heterocycles. The fourth-order valence-corrected chi connectivity index (χ4v) is 1.66. The molecule has 0 spiro atoms. The highest BCUT2D eigenvalue weighted by atomic mass is 32.2. The fourth-order valence-electron chi connectivity index (χ4n) is 0.817. The van der Waals surface area contributed by atoms with Gasteiger partial charge in [-0.3, -0.25) is 4.79 Å². The average molecular weight is 174 g/mol. The zero-order valence-corrected chi connectivity index (χ0v) is 7.02. The standard InChI is InChI=1S/C6H10N2O2S/c1-4-5(11-3-2-9)6(10)8-7-4/h5,9H,2-3H2,1H3,(H,8,10). The molecule has 0 aromatic heterocycles. The number of nitrogens with one attached hydrogen (secondary N) is 1. The smallest absolute Gasteiger partial charge is 0.258 e. The molecule has 4 nitrogen and oxygen atoms in total. The van der Waals surface area contributed by atoms with Gasteiger partial charge in [-0.15, -0.1) is 11.8 Å². The fraction of sp³-hybridized carbons (Fsp3) is 0.667. The SMILES string of the molecule is CC1=NNC(=O)C1SCCO. The van der Waals surface area contributed by atoms with Gasteiger partial charge in [-0.25, -0.2) is 5.43 Å². The lowest BCUT2D eigenvalue weighted by atomic mass is 10.3. The number of hydrogen-bond donors (Lipinski definition) is 2. The van der Waals surface area contributed by atoms with E-state index in [4.69, 9.17) is 5.11 Å². The summed E-state index contributed by atoms with van der Waals surface area (Å²) in [6, 6.07) is 0. The highest BCUT2D eigenvalue weighted by Crippen LogP contribution is 2.15. The Hall–Kier alpha value is -0.550. The van der Waals surface area contributed by atoms with Crippen LogP contribution in [0.4, 0.5) is 0 Å². The van der Waals surface area contributed by atoms with E-state index in [1.165, 1.54) is 11.8 Å². The van der Waals surface area contributed by atoms with Crippen LogP contribution >= 0.6 is 11.8 Å². The average Bonchev–Trinajstić information content (AvgIpc) is 2.29. The second-order valence-electron chi connectivity index (χ2n) is 2.20. The van der Waals surface area contributed by atoms with E-state index in [0.717, 1.165) is 5.71 Å². The summed E-state index contributed by atoms with van der Waals surface area (Å²) in [5, 5.41) is 12.1. The van der Waals surface area contributed by atoms with Gasteiger partial charge in [0, 0.05) is 5.75 Å². The molecule has 1 unspecified atom stereocenters. The summed E-state index contributed by atoms with van der Waals surface area (Å²) in [4.78, 5) is 11.0. The van der Waals surface area contributed by atoms with Gasteiger partial charge in [-0.05, 0) is 6.92 Å². The number of thioether (sulfide) groups is 1. The van der Waals surface area contributed by atoms with Gasteiger partial charge in [-0.2, -0.15) is 5.10 Å². The molecule has 0 aliphatic carbocycles. The van der Waals surface area contributed by atoms with Crippen molar-refractivity contribution in [1.29, 1.82) is 0 Å². The van der Waals surface area contributed by atoms with Crippen LogP contribution in [0.2, 0.25) is 0 Å². The molecule has 1 atom stereocenters. The Labute approximate surface area is 69.1 Å². The van der Waals surface area contributed by atoms with Crippen LogP contribution in [-0.4, -0.2) is 34.3 Å². The first-order valence-electron chi connectivity index (χ1n) is 3.32. The third-order valence-corrected chi connectivity index (χ3v) is 2.64. The highest BCUT2D eigenvalue weighted by Gasteiger charge is 2.26. The van der Waals surface area contributed by atoms with E-state index < -0.39 is 0 Å². The van der Waals surface area contributed by atoms with E-state index in [-0.39, 0.29) is 17.8 Å². The van der Waals surface area contributed by atoms with Crippen LogP contribution in [0.3, 0.4) is 0 Å². The molecule has 1 aliphatic rings. The summed E-state index contributed by atoms with van der Waals surface area (Å²) in [6.45, 7) is 1.90. The molecule has 11 heavy (non-hydrogen) atoms. The summed E-state index contributed by atoms with van der Waals surface area (Å²) < 4.78 is 0. The predicted molar refractivity (Wildman–Crippen MR) is 44.6 cm³/mol. The van der Waals surface area contributed by atoms with Crippen LogP contribution in [0.5, 0.6) is 0 Å². The Balaban J connectivity index is 2.43. The first-order chi connectivity index (χ1) is 5.25. The zero-order valence-electron chi connectivity index (χ0n) is 6.20. The van der Waals surface area contributed by atoms with Crippen molar-refractivity contribution in [2.45, 2.75) is 12.2 Å². The van der Waals surface area contributed by atoms with E-state index in [2.05, 4.69) is 10.5 Å². The lowest BCUT2D eigenvalue weighted by Gasteiger charge is -2.04. The van der Waals surface area contributed by atoms with Crippen molar-refractivity contribution in [3.05, 3.63) is 0 Å². The van der Waals surface area contributed by atoms with Gasteiger partial charge in [0.2, 0.25) is 0 Å². The first kappa shape index (κ1) is 8.55. The van der Waals surface area contributed by atoms with Crippen molar-refractivity contribution in [3.63, 3.8) is 0 Å². The summed E-state index contributed by atoms with van der Waals surface area (Å²) in [6.07, 6.45) is 0. The van der Waals surface area contributed by atoms with Gasteiger partial charge in [0.05, 0.1) is 12.3 Å². The Morgan fingerprint density at radius 2 is 2.55 bits per heavy atom. The molecule has 0 aromatic carbocycles. The van der Waals surface area contributed by atoms with Crippen LogP contribution in [0.25, 0.3) is 0 Å². The Kier molecular flexibility index (Phi) is 2.90. The van der Waals surface area contributed by atoms with Crippen LogP contribution < -0.4 is 5.43 Å². The van der Waals surface area contributed by atoms with Gasteiger partial charge < -0.3 is 5.11 Å². The maximum Gasteiger partial charge on any atom is 0.258 e. The minimum Gasteiger partial charge on any atom is -0.396 e. The molecule has 62 valence electrons. The molecule has 0 saturated heterocycles. The van der Waals surface area contributed by atoms with E-state index >= 15 is 0 Å². The van der Waals surface area contributed by atoms with Crippen molar-refractivity contribution in [3.8, 4) is 0 Å². The number of rotatable bonds is 3. The van der Waals surface area contributed by atoms with Gasteiger partial charge in [0.25, 0.3) is 5.91 Å². The van der Waals surface area contributed by atoms with Crippen molar-refractivity contribution in [2.24, 2.45) is 5.10 Å². The van der Waals surface area contributed by atoms with Crippen molar-refractivity contribution < 1.29 is 9.90 Å². The Morgan fingerprint density at radius 1 is 1.82 bits per heavy atom. The number of aliphatic hydroxyl groups excluding tert-OH is 1. The normalized spacial score (nSPS) is 23.3. The first-order valence-corrected chi connectivity index (χ1v) is 4.37.